The molecule has 1 nitrogen and oxygen atoms in total. The van der Waals surface area contributed by atoms with E-state index in [4.69, 9.17) is 0 Å². The molecule has 0 aliphatic heterocycles. The van der Waals surface area contributed by atoms with Gasteiger partial charge in [-0.25, -0.2) is 4.98 Å². The van der Waals surface area contributed by atoms with Crippen LogP contribution in [0.1, 0.15) is 17.5 Å². The molecule has 0 amide bonds. The molecule has 0 spiro atoms. The topological polar surface area (TPSA) is 12.9 Å². The summed E-state index contributed by atoms with van der Waals surface area (Å²) in [5.41, 5.74) is 1.53. The van der Waals surface area contributed by atoms with Crippen LogP contribution in [0.2, 0.25) is 0 Å². The molecule has 0 fully saturated rings. The lowest BCUT2D eigenvalue weighted by atomic mass is 10.2. The van der Waals surface area contributed by atoms with Gasteiger partial charge in [-0.3, -0.25) is 0 Å². The maximum Gasteiger partial charge on any atom is 0.215 e. The van der Waals surface area contributed by atoms with Gasteiger partial charge in [0.2, 0.25) is 5.95 Å². The molecule has 0 aliphatic carbocycles. The zero-order chi connectivity index (χ0) is 9.68. The number of pyridine rings is 1. The highest BCUT2D eigenvalue weighted by Crippen LogP contribution is 2.07. The summed E-state index contributed by atoms with van der Waals surface area (Å²) >= 11 is 3.32. The van der Waals surface area contributed by atoms with Gasteiger partial charge in [0, 0.05) is 17.1 Å². The second-order valence-corrected chi connectivity index (χ2v) is 3.55. The molecule has 70 valence electrons. The van der Waals surface area contributed by atoms with Crippen molar-refractivity contribution in [3.05, 3.63) is 35.4 Å². The first-order chi connectivity index (χ1) is 6.24. The van der Waals surface area contributed by atoms with Gasteiger partial charge in [0.1, 0.15) is 0 Å². The van der Waals surface area contributed by atoms with Gasteiger partial charge in [-0.05, 0) is 25.0 Å². The summed E-state index contributed by atoms with van der Waals surface area (Å²) in [5.74, 6) is -0.391. The minimum atomic E-state index is -0.391. The van der Waals surface area contributed by atoms with Crippen LogP contribution in [0, 0.1) is 12.9 Å². The van der Waals surface area contributed by atoms with Gasteiger partial charge in [0.05, 0.1) is 0 Å². The fraction of sp³-hybridized carbons (Fsp3) is 0.300. The van der Waals surface area contributed by atoms with Crippen molar-refractivity contribution in [2.24, 2.45) is 0 Å². The van der Waals surface area contributed by atoms with Crippen LogP contribution in [0.15, 0.2) is 18.3 Å². The molecule has 0 aromatic carbocycles. The smallest absolute Gasteiger partial charge is 0.215 e. The molecule has 3 heteroatoms. The molecule has 1 aromatic heterocycles. The first-order valence-electron chi connectivity index (χ1n) is 4.08. The highest BCUT2D eigenvalue weighted by atomic mass is 79.9. The van der Waals surface area contributed by atoms with E-state index in [-0.39, 0.29) is 0 Å². The fourth-order valence-electron chi connectivity index (χ4n) is 0.953. The number of aryl methyl sites for hydroxylation is 1. The maximum atomic E-state index is 12.7. The largest absolute Gasteiger partial charge is 0.227 e. The molecule has 0 saturated carbocycles. The number of halogens is 2. The summed E-state index contributed by atoms with van der Waals surface area (Å²) in [7, 11) is 0. The second-order valence-electron chi connectivity index (χ2n) is 2.76. The maximum absolute atomic E-state index is 12.7. The third-order valence-corrected chi connectivity index (χ3v) is 2.08. The van der Waals surface area contributed by atoms with E-state index >= 15 is 0 Å². The Kier molecular flexibility index (Phi) is 4.09. The van der Waals surface area contributed by atoms with Crippen LogP contribution in [-0.2, 0) is 0 Å². The first kappa shape index (κ1) is 10.4. The van der Waals surface area contributed by atoms with Gasteiger partial charge >= 0.3 is 0 Å². The van der Waals surface area contributed by atoms with Crippen molar-refractivity contribution in [1.29, 1.82) is 0 Å². The Labute approximate surface area is 85.8 Å². The second kappa shape index (κ2) is 5.12. The van der Waals surface area contributed by atoms with Crippen LogP contribution in [-0.4, -0.2) is 10.3 Å². The van der Waals surface area contributed by atoms with Crippen LogP contribution in [0.5, 0.6) is 0 Å². The lowest BCUT2D eigenvalue weighted by Crippen LogP contribution is -1.88. The lowest BCUT2D eigenvalue weighted by Gasteiger charge is -1.96. The van der Waals surface area contributed by atoms with Crippen LogP contribution in [0.25, 0.3) is 6.08 Å². The lowest BCUT2D eigenvalue weighted by molar-refractivity contribution is 0.574. The Hall–Kier alpha value is -0.700. The summed E-state index contributed by atoms with van der Waals surface area (Å²) in [6, 6.07) is 1.78. The molecule has 0 aliphatic rings. The van der Waals surface area contributed by atoms with E-state index in [1.807, 2.05) is 12.2 Å². The Morgan fingerprint density at radius 1 is 1.62 bits per heavy atom. The summed E-state index contributed by atoms with van der Waals surface area (Å²) in [6.07, 6.45) is 6.48. The molecule has 0 radical (unpaired) electrons. The number of allylic oxidation sites excluding steroid dienone is 1. The Balaban J connectivity index is 2.73. The quantitative estimate of drug-likeness (QED) is 0.587. The van der Waals surface area contributed by atoms with Crippen LogP contribution in [0.3, 0.4) is 0 Å². The molecule has 0 N–H and O–H groups in total. The number of aromatic nitrogens is 1. The van der Waals surface area contributed by atoms with E-state index in [0.29, 0.717) is 5.56 Å². The Morgan fingerprint density at radius 3 is 3.00 bits per heavy atom. The zero-order valence-electron chi connectivity index (χ0n) is 7.43. The van der Waals surface area contributed by atoms with E-state index in [1.54, 1.807) is 13.0 Å². The molecule has 0 bridgehead atoms. The van der Waals surface area contributed by atoms with Crippen LogP contribution < -0.4 is 0 Å². The molecular formula is C10H11BrFN. The van der Waals surface area contributed by atoms with E-state index in [0.717, 1.165) is 17.3 Å². The molecule has 1 heterocycles. The van der Waals surface area contributed by atoms with Crippen molar-refractivity contribution < 1.29 is 4.39 Å². The van der Waals surface area contributed by atoms with E-state index in [2.05, 4.69) is 20.9 Å². The van der Waals surface area contributed by atoms with E-state index < -0.39 is 5.95 Å². The first-order valence-corrected chi connectivity index (χ1v) is 5.21. The normalized spacial score (nSPS) is 11.0. The van der Waals surface area contributed by atoms with Gasteiger partial charge < -0.3 is 0 Å². The standard InChI is InChI=1S/C10H11BrFN/c1-8-6-9(4-2-3-5-11)7-13-10(8)12/h2,4,6-7H,3,5H2,1H3. The molecular weight excluding hydrogens is 233 g/mol. The van der Waals surface area contributed by atoms with Crippen molar-refractivity contribution in [3.8, 4) is 0 Å². The van der Waals surface area contributed by atoms with Crippen molar-refractivity contribution in [2.75, 3.05) is 5.33 Å². The van der Waals surface area contributed by atoms with Gasteiger partial charge in [0.15, 0.2) is 0 Å². The number of alkyl halides is 1. The minimum absolute atomic E-state index is 0.391. The van der Waals surface area contributed by atoms with Crippen molar-refractivity contribution in [1.82, 2.24) is 4.98 Å². The highest BCUT2D eigenvalue weighted by Gasteiger charge is 1.96. The summed E-state index contributed by atoms with van der Waals surface area (Å²) < 4.78 is 12.7. The van der Waals surface area contributed by atoms with Crippen LogP contribution >= 0.6 is 15.9 Å². The van der Waals surface area contributed by atoms with Gasteiger partial charge in [-0.1, -0.05) is 28.1 Å². The van der Waals surface area contributed by atoms with Crippen LogP contribution in [0.4, 0.5) is 4.39 Å². The molecule has 1 aromatic rings. The number of hydrogen-bond acceptors (Lipinski definition) is 1. The monoisotopic (exact) mass is 243 g/mol. The summed E-state index contributed by atoms with van der Waals surface area (Å²) in [4.78, 5) is 3.63. The highest BCUT2D eigenvalue weighted by molar-refractivity contribution is 9.09. The molecule has 13 heavy (non-hydrogen) atoms. The van der Waals surface area contributed by atoms with Crippen molar-refractivity contribution in [2.45, 2.75) is 13.3 Å². The van der Waals surface area contributed by atoms with Gasteiger partial charge in [-0.2, -0.15) is 4.39 Å². The third kappa shape index (κ3) is 3.27. The average molecular weight is 244 g/mol. The number of nitrogens with zero attached hydrogens (tertiary/aromatic N) is 1. The van der Waals surface area contributed by atoms with Gasteiger partial charge in [0.25, 0.3) is 0 Å². The molecule has 1 rings (SSSR count). The molecule has 0 unspecified atom stereocenters. The minimum Gasteiger partial charge on any atom is -0.227 e. The number of hydrogen-bond donors (Lipinski definition) is 0. The fourth-order valence-corrected chi connectivity index (χ4v) is 1.22. The number of rotatable bonds is 3. The van der Waals surface area contributed by atoms with Gasteiger partial charge in [-0.15, -0.1) is 0 Å². The van der Waals surface area contributed by atoms with E-state index in [1.165, 1.54) is 6.20 Å². The Morgan fingerprint density at radius 2 is 2.38 bits per heavy atom. The van der Waals surface area contributed by atoms with Crippen molar-refractivity contribution >= 4 is 22.0 Å². The third-order valence-electron chi connectivity index (χ3n) is 1.62. The molecule has 0 saturated heterocycles. The SMILES string of the molecule is Cc1cc(C=CCCBr)cnc1F. The van der Waals surface area contributed by atoms with Crippen molar-refractivity contribution in [3.63, 3.8) is 0 Å². The Bertz CT molecular complexity index is 310. The predicted molar refractivity (Wildman–Crippen MR) is 56.4 cm³/mol. The molecule has 0 atom stereocenters. The predicted octanol–water partition coefficient (Wildman–Crippen LogP) is 3.33. The average Bonchev–Trinajstić information content (AvgIpc) is 2.12. The zero-order valence-corrected chi connectivity index (χ0v) is 9.01. The summed E-state index contributed by atoms with van der Waals surface area (Å²) in [6.45, 7) is 1.71. The summed E-state index contributed by atoms with van der Waals surface area (Å²) in [5, 5.41) is 0.942. The van der Waals surface area contributed by atoms with E-state index in [9.17, 15) is 4.39 Å².